The Bertz CT molecular complexity index is 598. The van der Waals surface area contributed by atoms with Gasteiger partial charge in [0.1, 0.15) is 0 Å². The Morgan fingerprint density at radius 1 is 1.33 bits per heavy atom. The monoisotopic (exact) mass is 239 g/mol. The van der Waals surface area contributed by atoms with Crippen molar-refractivity contribution in [1.82, 2.24) is 9.88 Å². The van der Waals surface area contributed by atoms with Crippen LogP contribution in [0.15, 0.2) is 24.4 Å². The molecule has 0 atom stereocenters. The van der Waals surface area contributed by atoms with Crippen molar-refractivity contribution in [2.75, 3.05) is 20.1 Å². The van der Waals surface area contributed by atoms with Gasteiger partial charge in [0.25, 0.3) is 0 Å². The zero-order chi connectivity index (χ0) is 12.5. The number of benzene rings is 1. The molecule has 1 aromatic heterocycles. The van der Waals surface area contributed by atoms with E-state index in [-0.39, 0.29) is 0 Å². The van der Waals surface area contributed by atoms with Gasteiger partial charge in [-0.25, -0.2) is 0 Å². The first-order chi connectivity index (χ1) is 8.78. The quantitative estimate of drug-likeness (QED) is 0.831. The van der Waals surface area contributed by atoms with Crippen LogP contribution in [0.2, 0.25) is 0 Å². The Kier molecular flexibility index (Phi) is 2.81. The summed E-state index contributed by atoms with van der Waals surface area (Å²) in [5, 5.41) is 10.2. The van der Waals surface area contributed by atoms with Gasteiger partial charge in [0.05, 0.1) is 11.6 Å². The molecule has 1 aliphatic heterocycles. The summed E-state index contributed by atoms with van der Waals surface area (Å²) in [7, 11) is 2.18. The third-order valence-corrected chi connectivity index (χ3v) is 4.00. The zero-order valence-corrected chi connectivity index (χ0v) is 10.6. The first-order valence-electron chi connectivity index (χ1n) is 6.47. The molecule has 18 heavy (non-hydrogen) atoms. The molecule has 0 radical (unpaired) electrons. The first kappa shape index (κ1) is 11.3. The summed E-state index contributed by atoms with van der Waals surface area (Å²) in [5.41, 5.74) is 3.27. The summed E-state index contributed by atoms with van der Waals surface area (Å²) in [4.78, 5) is 5.71. The summed E-state index contributed by atoms with van der Waals surface area (Å²) in [5.74, 6) is 0.629. The molecule has 0 saturated carbocycles. The fraction of sp³-hybridized carbons (Fsp3) is 0.400. The number of rotatable bonds is 1. The van der Waals surface area contributed by atoms with Crippen molar-refractivity contribution in [2.45, 2.75) is 18.8 Å². The van der Waals surface area contributed by atoms with Gasteiger partial charge >= 0.3 is 0 Å². The Balaban J connectivity index is 1.99. The predicted molar refractivity (Wildman–Crippen MR) is 72.5 cm³/mol. The third kappa shape index (κ3) is 1.89. The number of aromatic amines is 1. The summed E-state index contributed by atoms with van der Waals surface area (Å²) >= 11 is 0. The number of nitrogens with one attached hydrogen (secondary N) is 1. The van der Waals surface area contributed by atoms with Gasteiger partial charge < -0.3 is 9.88 Å². The van der Waals surface area contributed by atoms with E-state index in [1.807, 2.05) is 18.2 Å². The van der Waals surface area contributed by atoms with Crippen molar-refractivity contribution in [3.8, 4) is 6.07 Å². The smallest absolute Gasteiger partial charge is 0.0991 e. The van der Waals surface area contributed by atoms with E-state index >= 15 is 0 Å². The highest BCUT2D eigenvalue weighted by molar-refractivity contribution is 5.85. The average Bonchev–Trinajstić information content (AvgIpc) is 2.82. The molecular weight excluding hydrogens is 222 g/mol. The molecule has 1 saturated heterocycles. The van der Waals surface area contributed by atoms with E-state index in [0.29, 0.717) is 5.92 Å². The summed E-state index contributed by atoms with van der Waals surface area (Å²) in [6, 6.07) is 8.12. The summed E-state index contributed by atoms with van der Waals surface area (Å²) in [6.07, 6.45) is 4.54. The lowest BCUT2D eigenvalue weighted by Gasteiger charge is -2.28. The van der Waals surface area contributed by atoms with Crippen molar-refractivity contribution in [2.24, 2.45) is 0 Å². The molecule has 92 valence electrons. The van der Waals surface area contributed by atoms with E-state index in [0.717, 1.165) is 24.2 Å². The van der Waals surface area contributed by atoms with Gasteiger partial charge in [-0.15, -0.1) is 0 Å². The second-order valence-corrected chi connectivity index (χ2v) is 5.19. The number of hydrogen-bond acceptors (Lipinski definition) is 2. The standard InChI is InChI=1S/C15H17N3/c1-18-6-4-12(5-7-18)14-10-17-15-3-2-11(9-16)8-13(14)15/h2-3,8,10,12,17H,4-7H2,1H3. The highest BCUT2D eigenvalue weighted by atomic mass is 15.1. The van der Waals surface area contributed by atoms with Crippen LogP contribution in [0.25, 0.3) is 10.9 Å². The average molecular weight is 239 g/mol. The van der Waals surface area contributed by atoms with E-state index < -0.39 is 0 Å². The van der Waals surface area contributed by atoms with Crippen molar-refractivity contribution >= 4 is 10.9 Å². The fourth-order valence-corrected chi connectivity index (χ4v) is 2.87. The number of fused-ring (bicyclic) bond motifs is 1. The molecule has 1 aliphatic rings. The Morgan fingerprint density at radius 3 is 2.83 bits per heavy atom. The van der Waals surface area contributed by atoms with Crippen LogP contribution in [0.5, 0.6) is 0 Å². The molecule has 3 heteroatoms. The number of H-pyrrole nitrogens is 1. The van der Waals surface area contributed by atoms with E-state index in [1.54, 1.807) is 0 Å². The van der Waals surface area contributed by atoms with E-state index in [1.165, 1.54) is 23.8 Å². The molecule has 3 nitrogen and oxygen atoms in total. The number of piperidine rings is 1. The Morgan fingerprint density at radius 2 is 2.11 bits per heavy atom. The van der Waals surface area contributed by atoms with Gasteiger partial charge in [0.15, 0.2) is 0 Å². The summed E-state index contributed by atoms with van der Waals surface area (Å²) in [6.45, 7) is 2.32. The molecule has 0 aliphatic carbocycles. The van der Waals surface area contributed by atoms with Gasteiger partial charge in [0.2, 0.25) is 0 Å². The largest absolute Gasteiger partial charge is 0.361 e. The first-order valence-corrected chi connectivity index (χ1v) is 6.47. The minimum atomic E-state index is 0.629. The number of nitriles is 1. The van der Waals surface area contributed by atoms with Gasteiger partial charge in [-0.2, -0.15) is 5.26 Å². The molecule has 1 aromatic carbocycles. The van der Waals surface area contributed by atoms with Crippen LogP contribution in [0, 0.1) is 11.3 Å². The lowest BCUT2D eigenvalue weighted by Crippen LogP contribution is -2.29. The SMILES string of the molecule is CN1CCC(c2c[nH]c3ccc(C#N)cc23)CC1. The normalized spacial score (nSPS) is 18.0. The number of hydrogen-bond donors (Lipinski definition) is 1. The van der Waals surface area contributed by atoms with Crippen LogP contribution in [-0.2, 0) is 0 Å². The van der Waals surface area contributed by atoms with Crippen molar-refractivity contribution in [3.05, 3.63) is 35.5 Å². The number of likely N-dealkylation sites (tertiary alicyclic amines) is 1. The lowest BCUT2D eigenvalue weighted by atomic mass is 9.89. The number of nitrogens with zero attached hydrogens (tertiary/aromatic N) is 2. The van der Waals surface area contributed by atoms with Gasteiger partial charge in [-0.1, -0.05) is 0 Å². The summed E-state index contributed by atoms with van der Waals surface area (Å²) < 4.78 is 0. The van der Waals surface area contributed by atoms with Crippen molar-refractivity contribution in [3.63, 3.8) is 0 Å². The van der Waals surface area contributed by atoms with E-state index in [9.17, 15) is 0 Å². The van der Waals surface area contributed by atoms with Crippen molar-refractivity contribution < 1.29 is 0 Å². The van der Waals surface area contributed by atoms with Crippen LogP contribution in [0.4, 0.5) is 0 Å². The topological polar surface area (TPSA) is 42.8 Å². The number of aromatic nitrogens is 1. The van der Waals surface area contributed by atoms with Crippen LogP contribution in [-0.4, -0.2) is 30.0 Å². The highest BCUT2D eigenvalue weighted by Gasteiger charge is 2.20. The predicted octanol–water partition coefficient (Wildman–Crippen LogP) is 2.85. The second kappa shape index (κ2) is 4.47. The minimum Gasteiger partial charge on any atom is -0.361 e. The fourth-order valence-electron chi connectivity index (χ4n) is 2.87. The molecule has 2 heterocycles. The maximum atomic E-state index is 9.00. The highest BCUT2D eigenvalue weighted by Crippen LogP contribution is 2.33. The molecule has 2 aromatic rings. The van der Waals surface area contributed by atoms with Crippen LogP contribution in [0.3, 0.4) is 0 Å². The van der Waals surface area contributed by atoms with Gasteiger partial charge in [-0.3, -0.25) is 0 Å². The molecule has 0 bridgehead atoms. The second-order valence-electron chi connectivity index (χ2n) is 5.19. The van der Waals surface area contributed by atoms with Crippen LogP contribution >= 0.6 is 0 Å². The lowest BCUT2D eigenvalue weighted by molar-refractivity contribution is 0.256. The zero-order valence-electron chi connectivity index (χ0n) is 10.6. The molecule has 3 rings (SSSR count). The maximum Gasteiger partial charge on any atom is 0.0991 e. The third-order valence-electron chi connectivity index (χ3n) is 4.00. The molecule has 0 amide bonds. The Hall–Kier alpha value is -1.79. The maximum absolute atomic E-state index is 9.00. The van der Waals surface area contributed by atoms with Crippen LogP contribution in [0.1, 0.15) is 29.9 Å². The molecule has 0 unspecified atom stereocenters. The van der Waals surface area contributed by atoms with Crippen LogP contribution < -0.4 is 0 Å². The molecule has 0 spiro atoms. The minimum absolute atomic E-state index is 0.629. The Labute approximate surface area is 107 Å². The van der Waals surface area contributed by atoms with E-state index in [4.69, 9.17) is 5.26 Å². The molecule has 1 fully saturated rings. The van der Waals surface area contributed by atoms with Gasteiger partial charge in [0, 0.05) is 17.1 Å². The van der Waals surface area contributed by atoms with Crippen molar-refractivity contribution in [1.29, 1.82) is 5.26 Å². The van der Waals surface area contributed by atoms with E-state index in [2.05, 4.69) is 29.2 Å². The van der Waals surface area contributed by atoms with Gasteiger partial charge in [-0.05, 0) is 62.7 Å². The molecule has 1 N–H and O–H groups in total. The molecular formula is C15H17N3.